The lowest BCUT2D eigenvalue weighted by Crippen LogP contribution is -2.48. The topological polar surface area (TPSA) is 226 Å². The molecule has 3 heterocycles. The Labute approximate surface area is 271 Å². The molecule has 0 amide bonds. The lowest BCUT2D eigenvalue weighted by Gasteiger charge is -2.44. The zero-order valence-corrected chi connectivity index (χ0v) is 30.5. The van der Waals surface area contributed by atoms with Crippen LogP contribution < -0.4 is 0 Å². The van der Waals surface area contributed by atoms with Gasteiger partial charge in [-0.15, -0.1) is 0 Å². The SMILES string of the molecule is CC1[C@@H](OP(=O)(O)OCC2O[C@H](OP(=O)(O)OCC3O[C@H](O)C(C)[C@@H](C)[C@@H]3C)C(C)[C@@H](C)[C@@H]2C)OC(COP(=O)(O)O)[C@@H](C)[C@@H]1C. The average molecular weight is 727 g/mol. The third kappa shape index (κ3) is 10.6. The van der Waals surface area contributed by atoms with E-state index in [0.29, 0.717) is 0 Å². The van der Waals surface area contributed by atoms with Gasteiger partial charge in [-0.05, 0) is 35.5 Å². The fraction of sp³-hybridized carbons (Fsp3) is 1.00. The molecule has 8 unspecified atom stereocenters. The largest absolute Gasteiger partial charge is 0.474 e. The van der Waals surface area contributed by atoms with Crippen LogP contribution in [0.1, 0.15) is 62.3 Å². The van der Waals surface area contributed by atoms with E-state index in [1.54, 1.807) is 13.8 Å². The summed E-state index contributed by atoms with van der Waals surface area (Å²) in [5.41, 5.74) is 0. The Bertz CT molecular complexity index is 1140. The molecule has 0 radical (unpaired) electrons. The lowest BCUT2D eigenvalue weighted by atomic mass is 9.79. The highest BCUT2D eigenvalue weighted by Gasteiger charge is 2.47. The van der Waals surface area contributed by atoms with Crippen LogP contribution >= 0.6 is 23.5 Å². The summed E-state index contributed by atoms with van der Waals surface area (Å²) in [7, 11) is -14.2. The monoisotopic (exact) mass is 726 g/mol. The maximum atomic E-state index is 13.0. The van der Waals surface area contributed by atoms with Gasteiger partial charge in [0.2, 0.25) is 0 Å². The molecular weight excluding hydrogens is 673 g/mol. The average Bonchev–Trinajstić information content (AvgIpc) is 2.96. The van der Waals surface area contributed by atoms with Crippen LogP contribution in [0.3, 0.4) is 0 Å². The van der Waals surface area contributed by atoms with Gasteiger partial charge in [-0.3, -0.25) is 22.6 Å². The maximum absolute atomic E-state index is 13.0. The van der Waals surface area contributed by atoms with E-state index in [0.717, 1.165) is 0 Å². The molecule has 3 rings (SSSR count). The molecule has 0 spiro atoms. The minimum Gasteiger partial charge on any atom is -0.368 e. The van der Waals surface area contributed by atoms with Crippen LogP contribution in [-0.2, 0) is 50.5 Å². The standard InChI is InChI=1S/C27H53O16P3/c1-13-16(4)22(39-25(28)19(13)7)11-37-45(32,33)43-27-21(9)15(3)18(6)24(41-27)12-38-46(34,35)42-26-20(8)14(2)17(5)23(40-26)10-36-44(29,30)31/h13-28H,10-12H2,1-9H3,(H,32,33)(H,34,35)(H2,29,30,31)/t13-,14-,15-,16-,17-,18-,19?,20?,21?,22?,23?,24?,25-,26+,27+/m0/s1. The van der Waals surface area contributed by atoms with Crippen molar-refractivity contribution in [2.24, 2.45) is 53.3 Å². The van der Waals surface area contributed by atoms with Crippen molar-refractivity contribution in [1.82, 2.24) is 0 Å². The summed E-state index contributed by atoms with van der Waals surface area (Å²) in [5.74, 6) is -1.55. The van der Waals surface area contributed by atoms with Crippen molar-refractivity contribution >= 4 is 23.5 Å². The van der Waals surface area contributed by atoms with Crippen LogP contribution in [0.15, 0.2) is 0 Å². The number of hydrogen-bond acceptors (Lipinski definition) is 12. The highest BCUT2D eigenvalue weighted by molar-refractivity contribution is 7.47. The number of ether oxygens (including phenoxy) is 3. The Balaban J connectivity index is 1.59. The minimum atomic E-state index is -4.76. The molecule has 3 aliphatic rings. The summed E-state index contributed by atoms with van der Waals surface area (Å²) in [6, 6.07) is 0. The molecular formula is C27H53O16P3. The van der Waals surface area contributed by atoms with E-state index >= 15 is 0 Å². The number of hydrogen-bond donors (Lipinski definition) is 5. The van der Waals surface area contributed by atoms with Crippen molar-refractivity contribution in [3.05, 3.63) is 0 Å². The van der Waals surface area contributed by atoms with Crippen molar-refractivity contribution < 1.29 is 75.2 Å². The summed E-state index contributed by atoms with van der Waals surface area (Å²) in [4.78, 5) is 39.3. The number of phosphoric ester groups is 3. The molecule has 17 atom stereocenters. The van der Waals surface area contributed by atoms with Crippen molar-refractivity contribution in [3.63, 3.8) is 0 Å². The first-order valence-corrected chi connectivity index (χ1v) is 20.2. The second kappa shape index (κ2) is 16.0. The lowest BCUT2D eigenvalue weighted by molar-refractivity contribution is -0.239. The Morgan fingerprint density at radius 1 is 0.478 bits per heavy atom. The molecule has 0 saturated carbocycles. The summed E-state index contributed by atoms with van der Waals surface area (Å²) < 4.78 is 80.5. The van der Waals surface area contributed by atoms with Gasteiger partial charge < -0.3 is 38.9 Å². The van der Waals surface area contributed by atoms with Crippen molar-refractivity contribution in [3.8, 4) is 0 Å². The number of phosphoric acid groups is 3. The van der Waals surface area contributed by atoms with Gasteiger partial charge >= 0.3 is 23.5 Å². The Morgan fingerprint density at radius 3 is 1.17 bits per heavy atom. The van der Waals surface area contributed by atoms with E-state index in [4.69, 9.17) is 42.1 Å². The molecule has 0 aromatic heterocycles. The highest BCUT2D eigenvalue weighted by Crippen LogP contribution is 2.52. The molecule has 0 bridgehead atoms. The molecule has 0 aromatic carbocycles. The van der Waals surface area contributed by atoms with Crippen molar-refractivity contribution in [1.29, 1.82) is 0 Å². The molecule has 272 valence electrons. The number of rotatable bonds is 13. The molecule has 0 aliphatic carbocycles. The minimum absolute atomic E-state index is 0.0606. The Kier molecular flexibility index (Phi) is 14.1. The van der Waals surface area contributed by atoms with Crippen LogP contribution in [0.25, 0.3) is 0 Å². The first-order valence-electron chi connectivity index (χ1n) is 15.7. The van der Waals surface area contributed by atoms with Crippen LogP contribution in [0.2, 0.25) is 0 Å². The van der Waals surface area contributed by atoms with Crippen molar-refractivity contribution in [2.75, 3.05) is 19.8 Å². The van der Waals surface area contributed by atoms with Gasteiger partial charge in [0.15, 0.2) is 18.9 Å². The van der Waals surface area contributed by atoms with E-state index in [-0.39, 0.29) is 59.9 Å². The Morgan fingerprint density at radius 2 is 0.804 bits per heavy atom. The van der Waals surface area contributed by atoms with Gasteiger partial charge in [0, 0.05) is 17.8 Å². The van der Waals surface area contributed by atoms with Gasteiger partial charge in [0.05, 0.1) is 38.1 Å². The second-order valence-corrected chi connectivity index (χ2v) is 17.5. The van der Waals surface area contributed by atoms with Crippen LogP contribution in [0, 0.1) is 53.3 Å². The van der Waals surface area contributed by atoms with E-state index in [1.165, 1.54) is 0 Å². The van der Waals surface area contributed by atoms with E-state index in [2.05, 4.69) is 4.52 Å². The highest BCUT2D eigenvalue weighted by atomic mass is 31.2. The van der Waals surface area contributed by atoms with Gasteiger partial charge in [-0.25, -0.2) is 13.7 Å². The summed E-state index contributed by atoms with van der Waals surface area (Å²) >= 11 is 0. The van der Waals surface area contributed by atoms with E-state index in [9.17, 15) is 28.6 Å². The van der Waals surface area contributed by atoms with Gasteiger partial charge in [0.25, 0.3) is 0 Å². The first-order chi connectivity index (χ1) is 21.0. The smallest absolute Gasteiger partial charge is 0.368 e. The molecule has 5 N–H and O–H groups in total. The molecule has 3 saturated heterocycles. The normalized spacial score (nSPS) is 45.1. The van der Waals surface area contributed by atoms with Crippen LogP contribution in [0.4, 0.5) is 0 Å². The second-order valence-electron chi connectivity index (χ2n) is 13.4. The zero-order valence-electron chi connectivity index (χ0n) is 27.9. The van der Waals surface area contributed by atoms with Crippen LogP contribution in [-0.4, -0.2) is 81.7 Å². The predicted octanol–water partition coefficient (Wildman–Crippen LogP) is 4.25. The quantitative estimate of drug-likeness (QED) is 0.167. The molecule has 0 aromatic rings. The van der Waals surface area contributed by atoms with Gasteiger partial charge in [0.1, 0.15) is 0 Å². The molecule has 3 aliphatic heterocycles. The van der Waals surface area contributed by atoms with Crippen molar-refractivity contribution in [2.45, 2.75) is 99.5 Å². The Hall–Kier alpha value is 0.170. The fourth-order valence-corrected chi connectivity index (χ4v) is 8.26. The maximum Gasteiger partial charge on any atom is 0.474 e. The third-order valence-electron chi connectivity index (χ3n) is 10.7. The predicted molar refractivity (Wildman–Crippen MR) is 162 cm³/mol. The first kappa shape index (κ1) is 40.6. The van der Waals surface area contributed by atoms with Gasteiger partial charge in [-0.1, -0.05) is 62.3 Å². The summed E-state index contributed by atoms with van der Waals surface area (Å²) in [6.07, 6.45) is -5.79. The molecule has 19 heteroatoms. The molecule has 3 fully saturated rings. The zero-order chi connectivity index (χ0) is 34.9. The fourth-order valence-electron chi connectivity index (χ4n) is 6.12. The third-order valence-corrected chi connectivity index (χ3v) is 13.0. The van der Waals surface area contributed by atoms with Crippen LogP contribution in [0.5, 0.6) is 0 Å². The number of aliphatic hydroxyl groups is 1. The van der Waals surface area contributed by atoms with Gasteiger partial charge in [-0.2, -0.15) is 0 Å². The molecule has 46 heavy (non-hydrogen) atoms. The number of aliphatic hydroxyl groups excluding tert-OH is 1. The summed E-state index contributed by atoms with van der Waals surface area (Å²) in [6.45, 7) is 15.5. The summed E-state index contributed by atoms with van der Waals surface area (Å²) in [5, 5.41) is 10.2. The molecule has 16 nitrogen and oxygen atoms in total. The van der Waals surface area contributed by atoms with E-state index in [1.807, 2.05) is 48.5 Å². The van der Waals surface area contributed by atoms with E-state index < -0.39 is 73.9 Å².